The van der Waals surface area contributed by atoms with E-state index >= 15 is 0 Å². The van der Waals surface area contributed by atoms with Crippen LogP contribution < -0.4 is 0 Å². The quantitative estimate of drug-likeness (QED) is 0.337. The molecule has 0 unspecified atom stereocenters. The highest BCUT2D eigenvalue weighted by molar-refractivity contribution is 7.16. The van der Waals surface area contributed by atoms with Gasteiger partial charge in [0.05, 0.1) is 23.9 Å². The molecular formula is C25H24N2O3S. The highest BCUT2D eigenvalue weighted by atomic mass is 32.1. The molecule has 5 nitrogen and oxygen atoms in total. The van der Waals surface area contributed by atoms with Gasteiger partial charge in [-0.25, -0.2) is 9.79 Å². The van der Waals surface area contributed by atoms with Gasteiger partial charge in [0.15, 0.2) is 0 Å². The first kappa shape index (κ1) is 21.1. The zero-order valence-corrected chi connectivity index (χ0v) is 18.5. The van der Waals surface area contributed by atoms with Crippen molar-refractivity contribution < 1.29 is 13.9 Å². The van der Waals surface area contributed by atoms with Gasteiger partial charge in [-0.2, -0.15) is 5.26 Å². The number of nitriles is 1. The zero-order chi connectivity index (χ0) is 21.8. The fourth-order valence-corrected chi connectivity index (χ4v) is 4.74. The first-order valence-electron chi connectivity index (χ1n) is 10.5. The molecule has 6 heteroatoms. The molecule has 2 heterocycles. The number of thiophene rings is 1. The van der Waals surface area contributed by atoms with E-state index in [1.807, 2.05) is 38.1 Å². The molecule has 158 valence electrons. The molecule has 0 saturated heterocycles. The average molecular weight is 433 g/mol. The van der Waals surface area contributed by atoms with Crippen LogP contribution in [-0.4, -0.2) is 18.8 Å². The van der Waals surface area contributed by atoms with Gasteiger partial charge in [-0.3, -0.25) is 0 Å². The van der Waals surface area contributed by atoms with Gasteiger partial charge in [0.25, 0.3) is 0 Å². The van der Waals surface area contributed by atoms with Crippen LogP contribution in [-0.2, 0) is 17.6 Å². The van der Waals surface area contributed by atoms with Gasteiger partial charge in [-0.05, 0) is 61.4 Å². The summed E-state index contributed by atoms with van der Waals surface area (Å²) in [5.41, 5.74) is 3.27. The van der Waals surface area contributed by atoms with E-state index in [-0.39, 0.29) is 5.97 Å². The maximum Gasteiger partial charge on any atom is 0.338 e. The minimum absolute atomic E-state index is 0.301. The third-order valence-electron chi connectivity index (χ3n) is 5.15. The monoisotopic (exact) mass is 432 g/mol. The summed E-state index contributed by atoms with van der Waals surface area (Å²) < 4.78 is 11.2. The van der Waals surface area contributed by atoms with Crippen molar-refractivity contribution in [1.29, 1.82) is 5.26 Å². The van der Waals surface area contributed by atoms with E-state index in [9.17, 15) is 10.1 Å². The summed E-state index contributed by atoms with van der Waals surface area (Å²) in [7, 11) is 0. The van der Waals surface area contributed by atoms with Crippen molar-refractivity contribution in [2.24, 2.45) is 10.9 Å². The Bertz CT molecular complexity index is 1150. The normalized spacial score (nSPS) is 13.4. The predicted molar refractivity (Wildman–Crippen MR) is 122 cm³/mol. The van der Waals surface area contributed by atoms with Crippen molar-refractivity contribution >= 4 is 28.5 Å². The number of carbonyl (C=O) groups is 1. The number of furan rings is 1. The fourth-order valence-electron chi connectivity index (χ4n) is 3.55. The van der Waals surface area contributed by atoms with Crippen LogP contribution in [0.3, 0.4) is 0 Å². The summed E-state index contributed by atoms with van der Waals surface area (Å²) >= 11 is 1.61. The topological polar surface area (TPSA) is 75.6 Å². The third-order valence-corrected chi connectivity index (χ3v) is 6.35. The molecule has 1 aliphatic carbocycles. The highest BCUT2D eigenvalue weighted by Crippen LogP contribution is 2.39. The van der Waals surface area contributed by atoms with E-state index in [1.165, 1.54) is 16.9 Å². The second-order valence-electron chi connectivity index (χ2n) is 8.03. The Hall–Kier alpha value is -3.17. The van der Waals surface area contributed by atoms with Gasteiger partial charge in [0.1, 0.15) is 22.6 Å². The molecule has 0 bridgehead atoms. The SMILES string of the molecule is CC(C)COC(=O)c1ccc(-c2ccc(C=Nc3sc4c(c3C#N)CCCC4)o2)cc1. The largest absolute Gasteiger partial charge is 0.462 e. The van der Waals surface area contributed by atoms with Crippen molar-refractivity contribution in [1.82, 2.24) is 0 Å². The number of carbonyl (C=O) groups excluding carboxylic acids is 1. The standard InChI is InChI=1S/C25H24N2O3S/c1-16(2)15-29-25(28)18-9-7-17(8-10-18)22-12-11-19(30-22)14-27-24-21(13-26)20-5-3-4-6-23(20)31-24/h7-12,14,16H,3-6,15H2,1-2H3. The molecule has 1 aliphatic rings. The molecule has 1 aromatic carbocycles. The van der Waals surface area contributed by atoms with Gasteiger partial charge in [-0.1, -0.05) is 26.0 Å². The average Bonchev–Trinajstić information content (AvgIpc) is 3.40. The minimum Gasteiger partial charge on any atom is -0.462 e. The number of aryl methyl sites for hydroxylation is 1. The van der Waals surface area contributed by atoms with Crippen molar-refractivity contribution in [2.75, 3.05) is 6.61 Å². The Morgan fingerprint density at radius 3 is 2.74 bits per heavy atom. The fraction of sp³-hybridized carbons (Fsp3) is 0.320. The zero-order valence-electron chi connectivity index (χ0n) is 17.7. The Kier molecular flexibility index (Phi) is 6.34. The molecule has 0 amide bonds. The number of hydrogen-bond acceptors (Lipinski definition) is 6. The number of hydrogen-bond donors (Lipinski definition) is 0. The van der Waals surface area contributed by atoms with Crippen LogP contribution in [0.2, 0.25) is 0 Å². The van der Waals surface area contributed by atoms with Gasteiger partial charge in [0.2, 0.25) is 0 Å². The molecule has 3 aromatic rings. The van der Waals surface area contributed by atoms with Crippen LogP contribution in [0.15, 0.2) is 45.8 Å². The molecule has 0 N–H and O–H groups in total. The summed E-state index contributed by atoms with van der Waals surface area (Å²) in [6, 6.07) is 13.2. The lowest BCUT2D eigenvalue weighted by atomic mass is 9.96. The van der Waals surface area contributed by atoms with E-state index in [2.05, 4.69) is 11.1 Å². The second-order valence-corrected chi connectivity index (χ2v) is 9.12. The lowest BCUT2D eigenvalue weighted by molar-refractivity contribution is 0.0459. The molecule has 0 spiro atoms. The Balaban J connectivity index is 1.47. The predicted octanol–water partition coefficient (Wildman–Crippen LogP) is 6.32. The van der Waals surface area contributed by atoms with Gasteiger partial charge < -0.3 is 9.15 Å². The lowest BCUT2D eigenvalue weighted by Crippen LogP contribution is -2.09. The van der Waals surface area contributed by atoms with E-state index in [4.69, 9.17) is 9.15 Å². The number of rotatable bonds is 6. The molecule has 0 atom stereocenters. The van der Waals surface area contributed by atoms with Crippen LogP contribution >= 0.6 is 11.3 Å². The van der Waals surface area contributed by atoms with E-state index in [0.29, 0.717) is 35.2 Å². The first-order valence-corrected chi connectivity index (χ1v) is 11.3. The van der Waals surface area contributed by atoms with E-state index in [1.54, 1.807) is 29.7 Å². The molecule has 0 aliphatic heterocycles. The van der Waals surface area contributed by atoms with Crippen LogP contribution in [0.5, 0.6) is 0 Å². The molecular weight excluding hydrogens is 408 g/mol. The maximum atomic E-state index is 12.1. The Morgan fingerprint density at radius 1 is 1.23 bits per heavy atom. The van der Waals surface area contributed by atoms with E-state index < -0.39 is 0 Å². The smallest absolute Gasteiger partial charge is 0.338 e. The van der Waals surface area contributed by atoms with Crippen molar-refractivity contribution in [3.05, 3.63) is 63.7 Å². The number of benzene rings is 1. The lowest BCUT2D eigenvalue weighted by Gasteiger charge is -2.09. The summed E-state index contributed by atoms with van der Waals surface area (Å²) in [4.78, 5) is 17.9. The Morgan fingerprint density at radius 2 is 2.00 bits per heavy atom. The molecule has 2 aromatic heterocycles. The number of esters is 1. The third kappa shape index (κ3) is 4.78. The van der Waals surface area contributed by atoms with Gasteiger partial charge in [0, 0.05) is 10.4 Å². The van der Waals surface area contributed by atoms with Crippen LogP contribution in [0.1, 0.15) is 58.8 Å². The van der Waals surface area contributed by atoms with Gasteiger partial charge in [-0.15, -0.1) is 11.3 Å². The first-order chi connectivity index (χ1) is 15.0. The molecule has 0 radical (unpaired) electrons. The Labute approximate surface area is 186 Å². The van der Waals surface area contributed by atoms with Crippen LogP contribution in [0.25, 0.3) is 11.3 Å². The molecule has 0 fully saturated rings. The van der Waals surface area contributed by atoms with Crippen molar-refractivity contribution in [3.63, 3.8) is 0 Å². The molecule has 31 heavy (non-hydrogen) atoms. The number of aliphatic imine (C=N–C) groups is 1. The number of ether oxygens (including phenoxy) is 1. The van der Waals surface area contributed by atoms with E-state index in [0.717, 1.165) is 29.8 Å². The summed E-state index contributed by atoms with van der Waals surface area (Å²) in [6.45, 7) is 4.41. The number of fused-ring (bicyclic) bond motifs is 1. The van der Waals surface area contributed by atoms with Crippen LogP contribution in [0.4, 0.5) is 5.00 Å². The number of nitrogens with zero attached hydrogens (tertiary/aromatic N) is 2. The summed E-state index contributed by atoms with van der Waals surface area (Å²) in [5.74, 6) is 1.29. The molecule has 0 saturated carbocycles. The summed E-state index contributed by atoms with van der Waals surface area (Å²) in [5, 5.41) is 10.3. The minimum atomic E-state index is -0.320. The van der Waals surface area contributed by atoms with Gasteiger partial charge >= 0.3 is 5.97 Å². The maximum absolute atomic E-state index is 12.1. The van der Waals surface area contributed by atoms with Crippen LogP contribution in [0, 0.1) is 17.2 Å². The van der Waals surface area contributed by atoms with Crippen molar-refractivity contribution in [2.45, 2.75) is 39.5 Å². The second kappa shape index (κ2) is 9.32. The highest BCUT2D eigenvalue weighted by Gasteiger charge is 2.20. The summed E-state index contributed by atoms with van der Waals surface area (Å²) in [6.07, 6.45) is 5.99. The van der Waals surface area contributed by atoms with Crippen molar-refractivity contribution in [3.8, 4) is 17.4 Å². The molecule has 4 rings (SSSR count).